The largest absolute Gasteiger partial charge is 0.397 e. The summed E-state index contributed by atoms with van der Waals surface area (Å²) in [5.41, 5.74) is 5.22. The van der Waals surface area contributed by atoms with Crippen molar-refractivity contribution in [3.8, 4) is 11.3 Å². The first-order chi connectivity index (χ1) is 7.59. The fourth-order valence-corrected chi connectivity index (χ4v) is 1.40. The zero-order valence-corrected chi connectivity index (χ0v) is 8.05. The molecular formula is C11H7F3N2. The maximum absolute atomic E-state index is 13.4. The third-order valence-corrected chi connectivity index (χ3v) is 2.08. The molecule has 0 atom stereocenters. The minimum atomic E-state index is -1.03. The molecule has 0 saturated heterocycles. The summed E-state index contributed by atoms with van der Waals surface area (Å²) in [4.78, 5) is 3.77. The Labute approximate surface area is 89.5 Å². The predicted molar refractivity (Wildman–Crippen MR) is 54.0 cm³/mol. The van der Waals surface area contributed by atoms with E-state index in [4.69, 9.17) is 5.73 Å². The summed E-state index contributed by atoms with van der Waals surface area (Å²) in [5, 5.41) is 0. The molecule has 16 heavy (non-hydrogen) atoms. The first kappa shape index (κ1) is 10.5. The van der Waals surface area contributed by atoms with Gasteiger partial charge >= 0.3 is 0 Å². The molecule has 1 aromatic heterocycles. The molecule has 0 aliphatic carbocycles. The minimum absolute atomic E-state index is 0.0301. The molecule has 1 heterocycles. The highest BCUT2D eigenvalue weighted by Gasteiger charge is 2.16. The maximum atomic E-state index is 13.4. The fraction of sp³-hybridized carbons (Fsp3) is 0. The summed E-state index contributed by atoms with van der Waals surface area (Å²) in [7, 11) is 0. The molecule has 0 amide bonds. The van der Waals surface area contributed by atoms with Crippen molar-refractivity contribution in [2.75, 3.05) is 5.73 Å². The number of pyridine rings is 1. The van der Waals surface area contributed by atoms with E-state index in [1.807, 2.05) is 0 Å². The lowest BCUT2D eigenvalue weighted by Gasteiger charge is -2.06. The summed E-state index contributed by atoms with van der Waals surface area (Å²) < 4.78 is 39.5. The van der Waals surface area contributed by atoms with Gasteiger partial charge in [-0.15, -0.1) is 0 Å². The number of halogens is 3. The second-order valence-corrected chi connectivity index (χ2v) is 3.19. The molecule has 2 nitrogen and oxygen atoms in total. The van der Waals surface area contributed by atoms with Crippen molar-refractivity contribution in [3.05, 3.63) is 47.9 Å². The van der Waals surface area contributed by atoms with E-state index in [0.717, 1.165) is 0 Å². The Balaban J connectivity index is 2.70. The normalized spacial score (nSPS) is 10.4. The standard InChI is InChI=1S/C11H7F3N2/c12-6-4-7(13)10(8(14)5-6)11-9(15)2-1-3-16-11/h1-5H,15H2. The van der Waals surface area contributed by atoms with Crippen LogP contribution >= 0.6 is 0 Å². The van der Waals surface area contributed by atoms with Gasteiger partial charge in [0.25, 0.3) is 0 Å². The van der Waals surface area contributed by atoms with E-state index in [9.17, 15) is 13.2 Å². The van der Waals surface area contributed by atoms with E-state index in [-0.39, 0.29) is 11.4 Å². The summed E-state index contributed by atoms with van der Waals surface area (Å²) >= 11 is 0. The van der Waals surface area contributed by atoms with Crippen molar-refractivity contribution >= 4 is 5.69 Å². The second kappa shape index (κ2) is 3.84. The summed E-state index contributed by atoms with van der Waals surface area (Å²) in [6.45, 7) is 0. The van der Waals surface area contributed by atoms with Crippen LogP contribution in [0.1, 0.15) is 0 Å². The molecule has 2 rings (SSSR count). The molecule has 1 aromatic carbocycles. The van der Waals surface area contributed by atoms with Crippen LogP contribution in [0.3, 0.4) is 0 Å². The Morgan fingerprint density at radius 2 is 1.69 bits per heavy atom. The molecule has 2 aromatic rings. The first-order valence-electron chi connectivity index (χ1n) is 4.45. The molecular weight excluding hydrogens is 217 g/mol. The fourth-order valence-electron chi connectivity index (χ4n) is 1.40. The van der Waals surface area contributed by atoms with Crippen molar-refractivity contribution in [1.82, 2.24) is 4.98 Å². The van der Waals surface area contributed by atoms with Gasteiger partial charge in [-0.1, -0.05) is 0 Å². The average Bonchev–Trinajstić information content (AvgIpc) is 2.19. The smallest absolute Gasteiger partial charge is 0.138 e. The van der Waals surface area contributed by atoms with E-state index < -0.39 is 23.0 Å². The van der Waals surface area contributed by atoms with E-state index in [0.29, 0.717) is 12.1 Å². The van der Waals surface area contributed by atoms with Gasteiger partial charge in [0.1, 0.15) is 17.5 Å². The van der Waals surface area contributed by atoms with E-state index in [2.05, 4.69) is 4.98 Å². The summed E-state index contributed by atoms with van der Waals surface area (Å²) in [6.07, 6.45) is 1.36. The lowest BCUT2D eigenvalue weighted by molar-refractivity contribution is 0.547. The van der Waals surface area contributed by atoms with Gasteiger partial charge in [0.15, 0.2) is 0 Å². The number of aromatic nitrogens is 1. The Morgan fingerprint density at radius 1 is 1.06 bits per heavy atom. The molecule has 0 unspecified atom stereocenters. The molecule has 5 heteroatoms. The van der Waals surface area contributed by atoms with E-state index >= 15 is 0 Å². The Kier molecular flexibility index (Phi) is 2.52. The highest BCUT2D eigenvalue weighted by atomic mass is 19.1. The molecule has 0 aliphatic rings. The highest BCUT2D eigenvalue weighted by molar-refractivity contribution is 5.73. The minimum Gasteiger partial charge on any atom is -0.397 e. The Morgan fingerprint density at radius 3 is 2.25 bits per heavy atom. The van der Waals surface area contributed by atoms with Gasteiger partial charge in [-0.25, -0.2) is 13.2 Å². The number of rotatable bonds is 1. The van der Waals surface area contributed by atoms with Gasteiger partial charge < -0.3 is 5.73 Å². The lowest BCUT2D eigenvalue weighted by Crippen LogP contribution is -1.98. The molecule has 0 radical (unpaired) electrons. The maximum Gasteiger partial charge on any atom is 0.138 e. The third-order valence-electron chi connectivity index (χ3n) is 2.08. The number of nitrogens with zero attached hydrogens (tertiary/aromatic N) is 1. The van der Waals surface area contributed by atoms with E-state index in [1.54, 1.807) is 0 Å². The molecule has 0 fully saturated rings. The molecule has 82 valence electrons. The van der Waals surface area contributed by atoms with Crippen molar-refractivity contribution in [3.63, 3.8) is 0 Å². The van der Waals surface area contributed by atoms with Crippen LogP contribution in [-0.4, -0.2) is 4.98 Å². The van der Waals surface area contributed by atoms with E-state index in [1.165, 1.54) is 18.3 Å². The topological polar surface area (TPSA) is 38.9 Å². The number of nitrogens with two attached hydrogens (primary N) is 1. The van der Waals surface area contributed by atoms with Crippen molar-refractivity contribution in [2.45, 2.75) is 0 Å². The Hall–Kier alpha value is -2.04. The molecule has 2 N–H and O–H groups in total. The monoisotopic (exact) mass is 224 g/mol. The van der Waals surface area contributed by atoms with Crippen LogP contribution in [0.25, 0.3) is 11.3 Å². The van der Waals surface area contributed by atoms with Crippen LogP contribution in [0, 0.1) is 17.5 Å². The lowest BCUT2D eigenvalue weighted by atomic mass is 10.1. The molecule has 0 saturated carbocycles. The van der Waals surface area contributed by atoms with Crippen LogP contribution in [0.4, 0.5) is 18.9 Å². The zero-order chi connectivity index (χ0) is 11.7. The summed E-state index contributed by atoms with van der Waals surface area (Å²) in [5.74, 6) is -3.03. The SMILES string of the molecule is Nc1cccnc1-c1c(F)cc(F)cc1F. The number of hydrogen-bond donors (Lipinski definition) is 1. The number of hydrogen-bond acceptors (Lipinski definition) is 2. The zero-order valence-electron chi connectivity index (χ0n) is 8.05. The number of benzene rings is 1. The van der Waals surface area contributed by atoms with Crippen LogP contribution < -0.4 is 5.73 Å². The van der Waals surface area contributed by atoms with Gasteiger partial charge in [0.05, 0.1) is 16.9 Å². The number of anilines is 1. The van der Waals surface area contributed by atoms with Crippen LogP contribution in [0.2, 0.25) is 0 Å². The predicted octanol–water partition coefficient (Wildman–Crippen LogP) is 2.75. The van der Waals surface area contributed by atoms with Gasteiger partial charge in [-0.05, 0) is 12.1 Å². The third kappa shape index (κ3) is 1.71. The molecule has 0 bridgehead atoms. The van der Waals surface area contributed by atoms with Crippen molar-refractivity contribution < 1.29 is 13.2 Å². The summed E-state index contributed by atoms with van der Waals surface area (Å²) in [6, 6.07) is 4.18. The molecule has 0 aliphatic heterocycles. The van der Waals surface area contributed by atoms with Gasteiger partial charge in [-0.2, -0.15) is 0 Å². The van der Waals surface area contributed by atoms with Gasteiger partial charge in [-0.3, -0.25) is 4.98 Å². The van der Waals surface area contributed by atoms with Gasteiger partial charge in [0.2, 0.25) is 0 Å². The first-order valence-corrected chi connectivity index (χ1v) is 4.45. The second-order valence-electron chi connectivity index (χ2n) is 3.19. The van der Waals surface area contributed by atoms with Crippen molar-refractivity contribution in [2.24, 2.45) is 0 Å². The van der Waals surface area contributed by atoms with Crippen LogP contribution in [0.5, 0.6) is 0 Å². The quantitative estimate of drug-likeness (QED) is 0.808. The molecule has 0 spiro atoms. The highest BCUT2D eigenvalue weighted by Crippen LogP contribution is 2.28. The Bertz CT molecular complexity index is 517. The average molecular weight is 224 g/mol. The van der Waals surface area contributed by atoms with Gasteiger partial charge in [0, 0.05) is 18.3 Å². The van der Waals surface area contributed by atoms with Crippen molar-refractivity contribution in [1.29, 1.82) is 0 Å². The van der Waals surface area contributed by atoms with Crippen LogP contribution in [-0.2, 0) is 0 Å². The van der Waals surface area contributed by atoms with Crippen LogP contribution in [0.15, 0.2) is 30.5 Å². The number of nitrogen functional groups attached to an aromatic ring is 1.